The molecule has 0 bridgehead atoms. The summed E-state index contributed by atoms with van der Waals surface area (Å²) in [6.07, 6.45) is 2.96. The maximum Gasteiger partial charge on any atom is 0.270 e. The molecule has 0 saturated carbocycles. The quantitative estimate of drug-likeness (QED) is 0.824. The Bertz CT molecular complexity index is 876. The Morgan fingerprint density at radius 1 is 1.11 bits per heavy atom. The van der Waals surface area contributed by atoms with Gasteiger partial charge < -0.3 is 19.4 Å². The second-order valence-electron chi connectivity index (χ2n) is 7.29. The number of hydrogen-bond donors (Lipinski definition) is 1. The molecule has 2 aromatic rings. The summed E-state index contributed by atoms with van der Waals surface area (Å²) in [5.74, 6) is -0.0858. The van der Waals surface area contributed by atoms with Crippen molar-refractivity contribution in [3.05, 3.63) is 64.7 Å². The largest absolute Gasteiger partial charge is 0.465 e. The van der Waals surface area contributed by atoms with E-state index < -0.39 is 0 Å². The number of morpholine rings is 1. The van der Waals surface area contributed by atoms with Gasteiger partial charge in [-0.25, -0.2) is 0 Å². The van der Waals surface area contributed by atoms with Crippen LogP contribution in [0.5, 0.6) is 0 Å². The van der Waals surface area contributed by atoms with E-state index >= 15 is 0 Å². The van der Waals surface area contributed by atoms with Crippen LogP contribution in [-0.2, 0) is 9.53 Å². The first kappa shape index (κ1) is 19.9. The number of nitrogens with zero attached hydrogens (tertiary/aromatic N) is 1. The maximum absolute atomic E-state index is 13.1. The Balaban J connectivity index is 1.86. The zero-order valence-corrected chi connectivity index (χ0v) is 16.7. The average molecular weight is 382 g/mol. The summed E-state index contributed by atoms with van der Waals surface area (Å²) in [5, 5.41) is 2.78. The SMILES string of the molecule is Cc1ccc(C(=O)NC(=Cc2ccco2)C(=O)N2C[C@H](C)O[C@@H](C)C2)cc1C. The van der Waals surface area contributed by atoms with Gasteiger partial charge in [0.1, 0.15) is 11.5 Å². The minimum atomic E-state index is -0.330. The van der Waals surface area contributed by atoms with Crippen molar-refractivity contribution < 1.29 is 18.7 Å². The van der Waals surface area contributed by atoms with E-state index in [-0.39, 0.29) is 29.7 Å². The number of carbonyl (C=O) groups excluding carboxylic acids is 2. The molecule has 0 spiro atoms. The van der Waals surface area contributed by atoms with Crippen molar-refractivity contribution >= 4 is 17.9 Å². The molecule has 0 radical (unpaired) electrons. The molecule has 1 aliphatic rings. The lowest BCUT2D eigenvalue weighted by Gasteiger charge is -2.35. The summed E-state index contributed by atoms with van der Waals surface area (Å²) in [6, 6.07) is 8.94. The molecule has 1 N–H and O–H groups in total. The van der Waals surface area contributed by atoms with Gasteiger partial charge in [-0.2, -0.15) is 0 Å². The van der Waals surface area contributed by atoms with E-state index in [1.165, 1.54) is 6.26 Å². The summed E-state index contributed by atoms with van der Waals surface area (Å²) in [5.41, 5.74) is 2.81. The van der Waals surface area contributed by atoms with Gasteiger partial charge in [0.2, 0.25) is 0 Å². The number of furan rings is 1. The van der Waals surface area contributed by atoms with Crippen LogP contribution >= 0.6 is 0 Å². The smallest absolute Gasteiger partial charge is 0.270 e. The minimum Gasteiger partial charge on any atom is -0.465 e. The second-order valence-corrected chi connectivity index (χ2v) is 7.29. The highest BCUT2D eigenvalue weighted by atomic mass is 16.5. The van der Waals surface area contributed by atoms with Crippen molar-refractivity contribution in [3.8, 4) is 0 Å². The Kier molecular flexibility index (Phi) is 5.99. The van der Waals surface area contributed by atoms with Gasteiger partial charge in [0.15, 0.2) is 0 Å². The zero-order valence-electron chi connectivity index (χ0n) is 16.7. The van der Waals surface area contributed by atoms with Crippen molar-refractivity contribution in [1.82, 2.24) is 10.2 Å². The molecule has 0 unspecified atom stereocenters. The molecule has 6 nitrogen and oxygen atoms in total. The summed E-state index contributed by atoms with van der Waals surface area (Å²) in [6.45, 7) is 8.74. The van der Waals surface area contributed by atoms with E-state index in [1.807, 2.05) is 39.8 Å². The molecule has 0 aliphatic carbocycles. The molecule has 3 rings (SSSR count). The van der Waals surface area contributed by atoms with Crippen molar-refractivity contribution in [2.24, 2.45) is 0 Å². The Morgan fingerprint density at radius 3 is 2.43 bits per heavy atom. The number of benzene rings is 1. The number of nitrogens with one attached hydrogen (secondary N) is 1. The fraction of sp³-hybridized carbons (Fsp3) is 0.364. The van der Waals surface area contributed by atoms with E-state index in [0.717, 1.165) is 11.1 Å². The number of ether oxygens (including phenoxy) is 1. The Morgan fingerprint density at radius 2 is 1.82 bits per heavy atom. The number of hydrogen-bond acceptors (Lipinski definition) is 4. The molecular formula is C22H26N2O4. The third-order valence-corrected chi connectivity index (χ3v) is 4.78. The Labute approximate surface area is 165 Å². The highest BCUT2D eigenvalue weighted by Crippen LogP contribution is 2.16. The van der Waals surface area contributed by atoms with Gasteiger partial charge in [0.05, 0.1) is 18.5 Å². The van der Waals surface area contributed by atoms with Crippen LogP contribution in [0.3, 0.4) is 0 Å². The van der Waals surface area contributed by atoms with Gasteiger partial charge in [0, 0.05) is 24.7 Å². The summed E-state index contributed by atoms with van der Waals surface area (Å²) >= 11 is 0. The standard InChI is InChI=1S/C22H26N2O4/c1-14-7-8-18(10-15(14)2)21(25)23-20(11-19-6-5-9-27-19)22(26)24-12-16(3)28-17(4)13-24/h5-11,16-17H,12-13H2,1-4H3,(H,23,25)/t16-,17-/m0/s1. The molecule has 2 amide bonds. The van der Waals surface area contributed by atoms with Crippen LogP contribution < -0.4 is 5.32 Å². The van der Waals surface area contributed by atoms with Crippen LogP contribution in [0.2, 0.25) is 0 Å². The van der Waals surface area contributed by atoms with Gasteiger partial charge in [-0.3, -0.25) is 9.59 Å². The molecule has 28 heavy (non-hydrogen) atoms. The molecule has 1 aromatic heterocycles. The van der Waals surface area contributed by atoms with Gasteiger partial charge in [0.25, 0.3) is 11.8 Å². The van der Waals surface area contributed by atoms with E-state index in [9.17, 15) is 9.59 Å². The predicted octanol–water partition coefficient (Wildman–Crippen LogP) is 3.30. The van der Waals surface area contributed by atoms with E-state index in [1.54, 1.807) is 29.2 Å². The molecule has 6 heteroatoms. The highest BCUT2D eigenvalue weighted by Gasteiger charge is 2.28. The number of aryl methyl sites for hydroxylation is 2. The van der Waals surface area contributed by atoms with Crippen LogP contribution in [0.25, 0.3) is 6.08 Å². The highest BCUT2D eigenvalue weighted by molar-refractivity contribution is 6.05. The predicted molar refractivity (Wildman–Crippen MR) is 107 cm³/mol. The lowest BCUT2D eigenvalue weighted by Crippen LogP contribution is -2.50. The van der Waals surface area contributed by atoms with Gasteiger partial charge in [-0.1, -0.05) is 6.07 Å². The van der Waals surface area contributed by atoms with E-state index in [0.29, 0.717) is 24.4 Å². The van der Waals surface area contributed by atoms with Gasteiger partial charge in [-0.15, -0.1) is 0 Å². The van der Waals surface area contributed by atoms with Crippen molar-refractivity contribution in [2.75, 3.05) is 13.1 Å². The normalized spacial score (nSPS) is 20.1. The summed E-state index contributed by atoms with van der Waals surface area (Å²) < 4.78 is 11.1. The summed E-state index contributed by atoms with van der Waals surface area (Å²) in [7, 11) is 0. The van der Waals surface area contributed by atoms with Crippen LogP contribution in [0, 0.1) is 13.8 Å². The monoisotopic (exact) mass is 382 g/mol. The first-order valence-electron chi connectivity index (χ1n) is 9.42. The van der Waals surface area contributed by atoms with Crippen LogP contribution in [0.15, 0.2) is 46.7 Å². The second kappa shape index (κ2) is 8.44. The molecule has 2 heterocycles. The van der Waals surface area contributed by atoms with Gasteiger partial charge in [-0.05, 0) is 63.1 Å². The fourth-order valence-corrected chi connectivity index (χ4v) is 3.26. The molecule has 1 saturated heterocycles. The third-order valence-electron chi connectivity index (χ3n) is 4.78. The lowest BCUT2D eigenvalue weighted by molar-refractivity contribution is -0.139. The molecule has 2 atom stereocenters. The molecular weight excluding hydrogens is 356 g/mol. The minimum absolute atomic E-state index is 0.0620. The summed E-state index contributed by atoms with van der Waals surface area (Å²) in [4.78, 5) is 27.6. The Hall–Kier alpha value is -2.86. The molecule has 1 aliphatic heterocycles. The van der Waals surface area contributed by atoms with E-state index in [2.05, 4.69) is 5.32 Å². The van der Waals surface area contributed by atoms with Gasteiger partial charge >= 0.3 is 0 Å². The van der Waals surface area contributed by atoms with E-state index in [4.69, 9.17) is 9.15 Å². The first-order chi connectivity index (χ1) is 13.3. The third kappa shape index (κ3) is 4.70. The number of rotatable bonds is 4. The lowest BCUT2D eigenvalue weighted by atomic mass is 10.1. The topological polar surface area (TPSA) is 71.8 Å². The average Bonchev–Trinajstić information content (AvgIpc) is 3.15. The van der Waals surface area contributed by atoms with Crippen LogP contribution in [-0.4, -0.2) is 42.0 Å². The molecule has 1 aromatic carbocycles. The van der Waals surface area contributed by atoms with Crippen molar-refractivity contribution in [1.29, 1.82) is 0 Å². The maximum atomic E-state index is 13.1. The molecule has 1 fully saturated rings. The van der Waals surface area contributed by atoms with Crippen molar-refractivity contribution in [3.63, 3.8) is 0 Å². The van der Waals surface area contributed by atoms with Crippen molar-refractivity contribution in [2.45, 2.75) is 39.9 Å². The van der Waals surface area contributed by atoms with Crippen LogP contribution in [0.4, 0.5) is 0 Å². The zero-order chi connectivity index (χ0) is 20.3. The number of carbonyl (C=O) groups is 2. The molecule has 148 valence electrons. The fourth-order valence-electron chi connectivity index (χ4n) is 3.26. The van der Waals surface area contributed by atoms with Crippen LogP contribution in [0.1, 0.15) is 41.1 Å². The number of amides is 2. The first-order valence-corrected chi connectivity index (χ1v) is 9.42.